The number of hydrogen-bond acceptors (Lipinski definition) is 4. The van der Waals surface area contributed by atoms with Crippen LogP contribution in [-0.4, -0.2) is 53.6 Å². The van der Waals surface area contributed by atoms with E-state index in [9.17, 15) is 14.4 Å². The van der Waals surface area contributed by atoms with Crippen molar-refractivity contribution in [2.45, 2.75) is 63.6 Å². The molecule has 3 rings (SSSR count). The van der Waals surface area contributed by atoms with E-state index in [1.54, 1.807) is 0 Å². The van der Waals surface area contributed by atoms with Crippen LogP contribution in [0.4, 0.5) is 4.79 Å². The van der Waals surface area contributed by atoms with Gasteiger partial charge in [0.15, 0.2) is 0 Å². The number of rotatable bonds is 7. The molecule has 2 saturated heterocycles. The summed E-state index contributed by atoms with van der Waals surface area (Å²) >= 11 is 0. The summed E-state index contributed by atoms with van der Waals surface area (Å²) in [6, 6.07) is 8.82. The average molecular weight is 387 g/mol. The lowest BCUT2D eigenvalue weighted by molar-refractivity contribution is -0.128. The Morgan fingerprint density at radius 1 is 1.29 bits per heavy atom. The van der Waals surface area contributed by atoms with Crippen molar-refractivity contribution in [1.29, 1.82) is 0 Å². The monoisotopic (exact) mass is 387 g/mol. The number of hydrogen-bond donors (Lipinski definition) is 2. The van der Waals surface area contributed by atoms with Crippen LogP contribution >= 0.6 is 0 Å². The van der Waals surface area contributed by atoms with E-state index < -0.39 is 6.04 Å². The third-order valence-electron chi connectivity index (χ3n) is 5.30. The molecule has 4 amide bonds. The van der Waals surface area contributed by atoms with E-state index in [1.165, 1.54) is 4.90 Å². The van der Waals surface area contributed by atoms with Crippen LogP contribution < -0.4 is 10.6 Å². The van der Waals surface area contributed by atoms with Crippen LogP contribution in [0.25, 0.3) is 0 Å². The van der Waals surface area contributed by atoms with Gasteiger partial charge in [0.25, 0.3) is 5.91 Å². The van der Waals surface area contributed by atoms with E-state index in [2.05, 4.69) is 10.6 Å². The van der Waals surface area contributed by atoms with E-state index in [0.717, 1.165) is 18.4 Å². The third kappa shape index (κ3) is 5.32. The summed E-state index contributed by atoms with van der Waals surface area (Å²) in [5, 5.41) is 5.73. The number of nitrogens with zero attached hydrogens (tertiary/aromatic N) is 1. The second kappa shape index (κ2) is 8.73. The van der Waals surface area contributed by atoms with Gasteiger partial charge < -0.3 is 15.4 Å². The molecule has 28 heavy (non-hydrogen) atoms. The van der Waals surface area contributed by atoms with Crippen LogP contribution in [0.2, 0.25) is 0 Å². The van der Waals surface area contributed by atoms with Crippen LogP contribution in [-0.2, 0) is 20.7 Å². The summed E-state index contributed by atoms with van der Waals surface area (Å²) in [7, 11) is 0. The van der Waals surface area contributed by atoms with Crippen molar-refractivity contribution in [2.24, 2.45) is 0 Å². The second-order valence-corrected chi connectivity index (χ2v) is 8.13. The van der Waals surface area contributed by atoms with Gasteiger partial charge in [-0.15, -0.1) is 0 Å². The molecule has 2 aliphatic rings. The molecule has 2 N–H and O–H groups in total. The molecule has 2 heterocycles. The molecule has 0 aliphatic carbocycles. The van der Waals surface area contributed by atoms with Gasteiger partial charge in [0.2, 0.25) is 5.91 Å². The highest BCUT2D eigenvalue weighted by atomic mass is 16.5. The first-order valence-corrected chi connectivity index (χ1v) is 9.93. The van der Waals surface area contributed by atoms with Gasteiger partial charge in [0.1, 0.15) is 6.04 Å². The first-order chi connectivity index (χ1) is 13.3. The fourth-order valence-electron chi connectivity index (χ4n) is 3.80. The Labute approximate surface area is 165 Å². The van der Waals surface area contributed by atoms with E-state index in [1.807, 2.05) is 44.2 Å². The Morgan fingerprint density at radius 2 is 2.04 bits per heavy atom. The molecule has 2 fully saturated rings. The number of amides is 4. The van der Waals surface area contributed by atoms with Gasteiger partial charge >= 0.3 is 6.03 Å². The molecule has 7 nitrogen and oxygen atoms in total. The fourth-order valence-corrected chi connectivity index (χ4v) is 3.80. The first kappa shape index (κ1) is 20.3. The number of imide groups is 1. The maximum Gasteiger partial charge on any atom is 0.324 e. The largest absolute Gasteiger partial charge is 0.375 e. The molecular weight excluding hydrogens is 358 g/mol. The van der Waals surface area contributed by atoms with E-state index in [4.69, 9.17) is 4.74 Å². The molecule has 7 heteroatoms. The summed E-state index contributed by atoms with van der Waals surface area (Å²) in [6.45, 7) is 5.00. The van der Waals surface area contributed by atoms with Crippen LogP contribution in [0.1, 0.15) is 45.1 Å². The SMILES string of the molecule is CC1(C)C[C@@H](NC(=O)CC[C@@H]2NC(=O)N(CCc3ccccc3)C2=O)CCO1. The molecule has 152 valence electrons. The maximum atomic E-state index is 12.5. The van der Waals surface area contributed by atoms with Crippen molar-refractivity contribution < 1.29 is 19.1 Å². The lowest BCUT2D eigenvalue weighted by Gasteiger charge is -2.35. The summed E-state index contributed by atoms with van der Waals surface area (Å²) in [4.78, 5) is 38.2. The van der Waals surface area contributed by atoms with Crippen molar-refractivity contribution in [3.8, 4) is 0 Å². The quantitative estimate of drug-likeness (QED) is 0.701. The second-order valence-electron chi connectivity index (χ2n) is 8.13. The Bertz CT molecular complexity index is 720. The lowest BCUT2D eigenvalue weighted by Crippen LogP contribution is -2.46. The van der Waals surface area contributed by atoms with E-state index >= 15 is 0 Å². The van der Waals surface area contributed by atoms with Crippen LogP contribution in [0.3, 0.4) is 0 Å². The highest BCUT2D eigenvalue weighted by Crippen LogP contribution is 2.24. The minimum Gasteiger partial charge on any atom is -0.375 e. The van der Waals surface area contributed by atoms with Gasteiger partial charge in [-0.2, -0.15) is 0 Å². The highest BCUT2D eigenvalue weighted by molar-refractivity contribution is 6.04. The van der Waals surface area contributed by atoms with E-state index in [0.29, 0.717) is 26.0 Å². The molecule has 0 spiro atoms. The minimum absolute atomic E-state index is 0.0903. The number of nitrogens with one attached hydrogen (secondary N) is 2. The Hall–Kier alpha value is -2.41. The molecule has 2 aliphatic heterocycles. The van der Waals surface area contributed by atoms with Gasteiger partial charge in [-0.3, -0.25) is 14.5 Å². The van der Waals surface area contributed by atoms with Crippen LogP contribution in [0, 0.1) is 0 Å². The zero-order valence-electron chi connectivity index (χ0n) is 16.6. The minimum atomic E-state index is -0.625. The molecule has 1 aromatic carbocycles. The normalized spacial score (nSPS) is 24.1. The zero-order chi connectivity index (χ0) is 20.1. The van der Waals surface area contributed by atoms with Gasteiger partial charge in [-0.25, -0.2) is 4.79 Å². The van der Waals surface area contributed by atoms with E-state index in [-0.39, 0.29) is 35.9 Å². The average Bonchev–Trinajstić information content (AvgIpc) is 2.91. The number of urea groups is 1. The van der Waals surface area contributed by atoms with Crippen molar-refractivity contribution >= 4 is 17.8 Å². The number of carbonyl (C=O) groups is 3. The van der Waals surface area contributed by atoms with Crippen LogP contribution in [0.15, 0.2) is 30.3 Å². The lowest BCUT2D eigenvalue weighted by atomic mass is 9.94. The standard InChI is InChI=1S/C21H29N3O4/c1-21(2)14-16(11-13-28-21)22-18(25)9-8-17-19(26)24(20(27)23-17)12-10-15-6-4-3-5-7-15/h3-7,16-17H,8-14H2,1-2H3,(H,22,25)(H,23,27)/t16-,17-/m0/s1. The Balaban J connectivity index is 1.44. The molecule has 0 unspecified atom stereocenters. The molecule has 0 bridgehead atoms. The first-order valence-electron chi connectivity index (χ1n) is 9.93. The summed E-state index contributed by atoms with van der Waals surface area (Å²) in [6.07, 6.45) is 2.70. The Kier molecular flexibility index (Phi) is 6.34. The topological polar surface area (TPSA) is 87.7 Å². The van der Waals surface area contributed by atoms with Gasteiger partial charge in [-0.05, 0) is 45.1 Å². The van der Waals surface area contributed by atoms with Crippen molar-refractivity contribution in [1.82, 2.24) is 15.5 Å². The number of carbonyl (C=O) groups excluding carboxylic acids is 3. The van der Waals surface area contributed by atoms with Gasteiger partial charge in [0.05, 0.1) is 5.60 Å². The number of benzene rings is 1. The molecule has 0 aromatic heterocycles. The summed E-state index contributed by atoms with van der Waals surface area (Å²) < 4.78 is 5.66. The van der Waals surface area contributed by atoms with Crippen molar-refractivity contribution in [2.75, 3.05) is 13.2 Å². The molecular formula is C21H29N3O4. The molecule has 0 radical (unpaired) electrons. The van der Waals surface area contributed by atoms with Gasteiger partial charge in [-0.1, -0.05) is 30.3 Å². The Morgan fingerprint density at radius 3 is 2.75 bits per heavy atom. The maximum absolute atomic E-state index is 12.5. The van der Waals surface area contributed by atoms with Gasteiger partial charge in [0, 0.05) is 25.6 Å². The zero-order valence-corrected chi connectivity index (χ0v) is 16.6. The number of ether oxygens (including phenoxy) is 1. The van der Waals surface area contributed by atoms with Crippen LogP contribution in [0.5, 0.6) is 0 Å². The third-order valence-corrected chi connectivity index (χ3v) is 5.30. The van der Waals surface area contributed by atoms with Crippen molar-refractivity contribution in [3.63, 3.8) is 0 Å². The summed E-state index contributed by atoms with van der Waals surface area (Å²) in [5.74, 6) is -0.339. The van der Waals surface area contributed by atoms with Crippen molar-refractivity contribution in [3.05, 3.63) is 35.9 Å². The smallest absolute Gasteiger partial charge is 0.324 e. The molecule has 2 atom stereocenters. The highest BCUT2D eigenvalue weighted by Gasteiger charge is 2.37. The predicted molar refractivity (Wildman–Crippen MR) is 105 cm³/mol. The summed E-state index contributed by atoms with van der Waals surface area (Å²) in [5.41, 5.74) is 0.843. The predicted octanol–water partition coefficient (Wildman–Crippen LogP) is 2.00. The molecule has 1 aromatic rings. The fraction of sp³-hybridized carbons (Fsp3) is 0.571. The molecule has 0 saturated carbocycles.